The Morgan fingerprint density at radius 1 is 0.974 bits per heavy atom. The van der Waals surface area contributed by atoms with E-state index in [0.29, 0.717) is 29.4 Å². The van der Waals surface area contributed by atoms with Gasteiger partial charge >= 0.3 is 0 Å². The van der Waals surface area contributed by atoms with E-state index < -0.39 is 28.5 Å². The third-order valence-corrected chi connectivity index (χ3v) is 8.19. The van der Waals surface area contributed by atoms with Crippen molar-refractivity contribution in [3.8, 4) is 5.75 Å². The van der Waals surface area contributed by atoms with Crippen LogP contribution in [0.25, 0.3) is 0 Å². The fraction of sp³-hybridized carbons (Fsp3) is 0.310. The lowest BCUT2D eigenvalue weighted by Gasteiger charge is -2.33. The Labute approximate surface area is 235 Å². The molecule has 0 aliphatic carbocycles. The molecular weight excluding hydrogens is 538 g/mol. The fourth-order valence-electron chi connectivity index (χ4n) is 4.11. The topological polar surface area (TPSA) is 96.0 Å². The molecule has 1 N–H and O–H groups in total. The third-order valence-electron chi connectivity index (χ3n) is 6.15. The molecule has 10 heteroatoms. The summed E-state index contributed by atoms with van der Waals surface area (Å²) in [5.41, 5.74) is 1.07. The zero-order chi connectivity index (χ0) is 28.4. The second-order valence-corrected chi connectivity index (χ2v) is 11.2. The number of amides is 2. The molecule has 0 aliphatic rings. The first-order valence-corrected chi connectivity index (χ1v) is 14.6. The van der Waals surface area contributed by atoms with Crippen molar-refractivity contribution in [2.75, 3.05) is 24.5 Å². The van der Waals surface area contributed by atoms with Gasteiger partial charge in [0.1, 0.15) is 18.3 Å². The van der Waals surface area contributed by atoms with Gasteiger partial charge in [0, 0.05) is 18.1 Å². The highest BCUT2D eigenvalue weighted by atomic mass is 35.5. The summed E-state index contributed by atoms with van der Waals surface area (Å²) in [6.45, 7) is 3.83. The fourth-order valence-corrected chi connectivity index (χ4v) is 5.65. The smallest absolute Gasteiger partial charge is 0.264 e. The van der Waals surface area contributed by atoms with Crippen LogP contribution in [-0.2, 0) is 26.2 Å². The van der Waals surface area contributed by atoms with Crippen molar-refractivity contribution in [1.29, 1.82) is 0 Å². The third kappa shape index (κ3) is 7.74. The van der Waals surface area contributed by atoms with Gasteiger partial charge in [-0.2, -0.15) is 0 Å². The molecule has 2 amide bonds. The number of rotatable bonds is 13. The van der Waals surface area contributed by atoms with Gasteiger partial charge in [0.15, 0.2) is 0 Å². The number of nitrogens with zero attached hydrogens (tertiary/aromatic N) is 2. The largest absolute Gasteiger partial charge is 0.497 e. The molecule has 0 unspecified atom stereocenters. The number of methoxy groups -OCH3 is 1. The van der Waals surface area contributed by atoms with Crippen LogP contribution >= 0.6 is 11.6 Å². The minimum absolute atomic E-state index is 0.00405. The van der Waals surface area contributed by atoms with Crippen molar-refractivity contribution < 1.29 is 22.7 Å². The van der Waals surface area contributed by atoms with Crippen LogP contribution in [0.4, 0.5) is 5.69 Å². The first-order chi connectivity index (χ1) is 18.7. The van der Waals surface area contributed by atoms with E-state index in [-0.39, 0.29) is 17.3 Å². The monoisotopic (exact) mass is 571 g/mol. The normalized spacial score (nSPS) is 11.9. The van der Waals surface area contributed by atoms with Crippen LogP contribution in [0.2, 0.25) is 5.02 Å². The summed E-state index contributed by atoms with van der Waals surface area (Å²) in [5.74, 6) is -0.195. The molecule has 0 fully saturated rings. The van der Waals surface area contributed by atoms with Gasteiger partial charge < -0.3 is 15.0 Å². The predicted molar refractivity (Wildman–Crippen MR) is 153 cm³/mol. The predicted octanol–water partition coefficient (Wildman–Crippen LogP) is 4.88. The molecule has 0 aliphatic heterocycles. The molecule has 3 aromatic carbocycles. The lowest BCUT2D eigenvalue weighted by atomic mass is 10.1. The summed E-state index contributed by atoms with van der Waals surface area (Å²) < 4.78 is 33.9. The van der Waals surface area contributed by atoms with Crippen LogP contribution in [0.1, 0.15) is 32.3 Å². The SMILES string of the molecule is CCCNC(=O)[C@H](CC)N(Cc1cccc(OC)c1)C(=O)CN(c1ccccc1)S(=O)(=O)c1ccc(Cl)cc1. The highest BCUT2D eigenvalue weighted by Gasteiger charge is 2.33. The molecule has 208 valence electrons. The van der Waals surface area contributed by atoms with Crippen LogP contribution in [0.5, 0.6) is 5.75 Å². The number of anilines is 1. The zero-order valence-corrected chi connectivity index (χ0v) is 23.9. The van der Waals surface area contributed by atoms with Gasteiger partial charge in [0.25, 0.3) is 10.0 Å². The summed E-state index contributed by atoms with van der Waals surface area (Å²) in [6.07, 6.45) is 1.09. The number of nitrogens with one attached hydrogen (secondary N) is 1. The molecule has 8 nitrogen and oxygen atoms in total. The van der Waals surface area contributed by atoms with Gasteiger partial charge in [-0.25, -0.2) is 8.42 Å². The first-order valence-electron chi connectivity index (χ1n) is 12.7. The number of benzene rings is 3. The molecular formula is C29H34ClN3O5S. The minimum Gasteiger partial charge on any atom is -0.497 e. The number of sulfonamides is 1. The maximum atomic E-state index is 14.0. The Hall–Kier alpha value is -3.56. The molecule has 3 aromatic rings. The van der Waals surface area contributed by atoms with Crippen LogP contribution in [0.3, 0.4) is 0 Å². The molecule has 0 bridgehead atoms. The van der Waals surface area contributed by atoms with E-state index in [2.05, 4.69) is 5.32 Å². The van der Waals surface area contributed by atoms with Crippen molar-refractivity contribution in [2.24, 2.45) is 0 Å². The molecule has 1 atom stereocenters. The van der Waals surface area contributed by atoms with E-state index >= 15 is 0 Å². The van der Waals surface area contributed by atoms with Crippen LogP contribution in [0.15, 0.2) is 83.8 Å². The summed E-state index contributed by atoms with van der Waals surface area (Å²) in [6, 6.07) is 20.6. The van der Waals surface area contributed by atoms with E-state index in [1.54, 1.807) is 55.6 Å². The zero-order valence-electron chi connectivity index (χ0n) is 22.3. The second-order valence-electron chi connectivity index (χ2n) is 8.89. The Bertz CT molecular complexity index is 1350. The van der Waals surface area contributed by atoms with E-state index in [9.17, 15) is 18.0 Å². The van der Waals surface area contributed by atoms with Crippen LogP contribution in [-0.4, -0.2) is 51.4 Å². The van der Waals surface area contributed by atoms with E-state index in [0.717, 1.165) is 16.3 Å². The van der Waals surface area contributed by atoms with Crippen molar-refractivity contribution in [3.63, 3.8) is 0 Å². The van der Waals surface area contributed by atoms with Crippen molar-refractivity contribution in [1.82, 2.24) is 10.2 Å². The molecule has 0 saturated carbocycles. The molecule has 0 saturated heterocycles. The maximum Gasteiger partial charge on any atom is 0.264 e. The average molecular weight is 572 g/mol. The highest BCUT2D eigenvalue weighted by molar-refractivity contribution is 7.92. The van der Waals surface area contributed by atoms with E-state index in [1.165, 1.54) is 29.2 Å². The Balaban J connectivity index is 2.03. The number of ether oxygens (including phenoxy) is 1. The number of halogens is 1. The summed E-state index contributed by atoms with van der Waals surface area (Å²) in [5, 5.41) is 3.26. The number of carbonyl (C=O) groups is 2. The van der Waals surface area contributed by atoms with E-state index in [4.69, 9.17) is 16.3 Å². The molecule has 0 spiro atoms. The van der Waals surface area contributed by atoms with Crippen molar-refractivity contribution in [2.45, 2.75) is 44.2 Å². The van der Waals surface area contributed by atoms with Gasteiger partial charge in [-0.3, -0.25) is 13.9 Å². The summed E-state index contributed by atoms with van der Waals surface area (Å²) >= 11 is 5.98. The summed E-state index contributed by atoms with van der Waals surface area (Å²) in [4.78, 5) is 28.5. The Morgan fingerprint density at radius 2 is 1.67 bits per heavy atom. The first kappa shape index (κ1) is 30.0. The van der Waals surface area contributed by atoms with E-state index in [1.807, 2.05) is 19.9 Å². The quantitative estimate of drug-likeness (QED) is 0.315. The maximum absolute atomic E-state index is 14.0. The van der Waals surface area contributed by atoms with Gasteiger partial charge in [0.05, 0.1) is 17.7 Å². The highest BCUT2D eigenvalue weighted by Crippen LogP contribution is 2.26. The van der Waals surface area contributed by atoms with Crippen LogP contribution in [0, 0.1) is 0 Å². The number of hydrogen-bond donors (Lipinski definition) is 1. The number of hydrogen-bond acceptors (Lipinski definition) is 5. The van der Waals surface area contributed by atoms with Gasteiger partial charge in [-0.05, 0) is 66.9 Å². The van der Waals surface area contributed by atoms with Gasteiger partial charge in [-0.15, -0.1) is 0 Å². The van der Waals surface area contributed by atoms with Crippen molar-refractivity contribution in [3.05, 3.63) is 89.4 Å². The second kappa shape index (κ2) is 14.0. The number of carbonyl (C=O) groups excluding carboxylic acids is 2. The average Bonchev–Trinajstić information content (AvgIpc) is 2.95. The lowest BCUT2D eigenvalue weighted by molar-refractivity contribution is -0.140. The molecule has 0 heterocycles. The molecule has 0 radical (unpaired) electrons. The Kier molecular flexibility index (Phi) is 10.8. The van der Waals surface area contributed by atoms with Crippen LogP contribution < -0.4 is 14.4 Å². The minimum atomic E-state index is -4.14. The Morgan fingerprint density at radius 3 is 2.28 bits per heavy atom. The molecule has 3 rings (SSSR count). The lowest BCUT2D eigenvalue weighted by Crippen LogP contribution is -2.52. The van der Waals surface area contributed by atoms with Crippen molar-refractivity contribution >= 4 is 39.1 Å². The number of para-hydroxylation sites is 1. The summed E-state index contributed by atoms with van der Waals surface area (Å²) in [7, 11) is -2.59. The molecule has 0 aromatic heterocycles. The standard InChI is InChI=1S/C29H34ClN3O5S/c1-4-18-31-29(35)27(5-2)32(20-22-10-9-13-25(19-22)38-3)28(34)21-33(24-11-7-6-8-12-24)39(36,37)26-16-14-23(30)15-17-26/h6-17,19,27H,4-5,18,20-21H2,1-3H3,(H,31,35)/t27-/m0/s1. The van der Waals surface area contributed by atoms with Gasteiger partial charge in [0.2, 0.25) is 11.8 Å². The molecule has 39 heavy (non-hydrogen) atoms. The van der Waals surface area contributed by atoms with Gasteiger partial charge in [-0.1, -0.05) is 55.8 Å².